The number of hydrogen-bond donors (Lipinski definition) is 3. The van der Waals surface area contributed by atoms with E-state index in [0.29, 0.717) is 41.5 Å². The third kappa shape index (κ3) is 9.10. The van der Waals surface area contributed by atoms with Crippen molar-refractivity contribution in [1.29, 1.82) is 0 Å². The van der Waals surface area contributed by atoms with Crippen LogP contribution in [0.2, 0.25) is 0 Å². The van der Waals surface area contributed by atoms with Gasteiger partial charge in [-0.05, 0) is 61.6 Å². The van der Waals surface area contributed by atoms with Crippen molar-refractivity contribution in [2.24, 2.45) is 13.0 Å². The highest BCUT2D eigenvalue weighted by Crippen LogP contribution is 2.28. The van der Waals surface area contributed by atoms with Gasteiger partial charge in [0.2, 0.25) is 27.7 Å². The van der Waals surface area contributed by atoms with E-state index in [1.807, 2.05) is 26.0 Å². The minimum Gasteiger partial charge on any atom is -0.493 e. The first-order valence-corrected chi connectivity index (χ1v) is 19.3. The third-order valence-electron chi connectivity index (χ3n) is 9.52. The molecule has 292 valence electrons. The first-order valence-electron chi connectivity index (χ1n) is 17.9. The van der Waals surface area contributed by atoms with Crippen LogP contribution in [0, 0.1) is 5.92 Å². The number of ether oxygens (including phenoxy) is 2. The highest BCUT2D eigenvalue weighted by atomic mass is 32.2. The second-order valence-electron chi connectivity index (χ2n) is 13.3. The van der Waals surface area contributed by atoms with E-state index in [-0.39, 0.29) is 67.7 Å². The van der Waals surface area contributed by atoms with Gasteiger partial charge >= 0.3 is 5.76 Å². The minimum absolute atomic E-state index is 0.00551. The number of carbonyl (C=O) groups is 3. The van der Waals surface area contributed by atoms with Gasteiger partial charge in [0.1, 0.15) is 18.4 Å². The molecule has 0 spiro atoms. The number of aryl methyl sites for hydroxylation is 1. The molecular weight excluding hydrogens is 721 g/mol. The molecule has 1 aliphatic rings. The topological polar surface area (TPSA) is 209 Å². The zero-order valence-electron chi connectivity index (χ0n) is 31.4. The lowest BCUT2D eigenvalue weighted by molar-refractivity contribution is -0.130. The van der Waals surface area contributed by atoms with E-state index in [0.717, 1.165) is 5.56 Å². The summed E-state index contributed by atoms with van der Waals surface area (Å²) >= 11 is 0. The van der Waals surface area contributed by atoms with Crippen molar-refractivity contribution < 1.29 is 36.7 Å². The van der Waals surface area contributed by atoms with Gasteiger partial charge in [0.05, 0.1) is 30.7 Å². The molecule has 2 aromatic heterocycles. The lowest BCUT2D eigenvalue weighted by atomic mass is 9.97. The van der Waals surface area contributed by atoms with Crippen LogP contribution in [0.15, 0.2) is 50.5 Å². The first kappa shape index (κ1) is 40.0. The van der Waals surface area contributed by atoms with E-state index < -0.39 is 39.7 Å². The average Bonchev–Trinajstić information content (AvgIpc) is 3.68. The number of fused-ring (bicyclic) bond motifs is 2. The number of sulfonamides is 1. The molecule has 3 N–H and O–H groups in total. The lowest BCUT2D eigenvalue weighted by Crippen LogP contribution is -2.51. The van der Waals surface area contributed by atoms with Crippen molar-refractivity contribution in [3.63, 3.8) is 0 Å². The molecule has 0 aliphatic carbocycles. The van der Waals surface area contributed by atoms with E-state index >= 15 is 0 Å². The van der Waals surface area contributed by atoms with Crippen LogP contribution in [0.5, 0.6) is 11.5 Å². The molecule has 0 unspecified atom stereocenters. The molecule has 54 heavy (non-hydrogen) atoms. The molecule has 0 radical (unpaired) electrons. The van der Waals surface area contributed by atoms with Crippen LogP contribution in [0.4, 0.5) is 0 Å². The maximum absolute atomic E-state index is 13.9. The van der Waals surface area contributed by atoms with E-state index in [4.69, 9.17) is 18.9 Å². The van der Waals surface area contributed by atoms with E-state index in [1.54, 1.807) is 27.2 Å². The number of methoxy groups -OCH3 is 2. The second-order valence-corrected chi connectivity index (χ2v) is 15.3. The van der Waals surface area contributed by atoms with Gasteiger partial charge < -0.3 is 29.8 Å². The number of rotatable bonds is 8. The Hall–Kier alpha value is -5.23. The van der Waals surface area contributed by atoms with Crippen molar-refractivity contribution in [3.05, 3.63) is 64.2 Å². The van der Waals surface area contributed by atoms with E-state index in [1.165, 1.54) is 38.8 Å². The molecule has 0 saturated carbocycles. The number of benzene rings is 2. The molecule has 5 rings (SSSR count). The quantitative estimate of drug-likeness (QED) is 0.236. The van der Waals surface area contributed by atoms with Crippen molar-refractivity contribution in [1.82, 2.24) is 39.6 Å². The zero-order chi connectivity index (χ0) is 39.2. The lowest BCUT2D eigenvalue weighted by Gasteiger charge is -2.26. The Labute approximate surface area is 313 Å². The van der Waals surface area contributed by atoms with Crippen molar-refractivity contribution in [2.75, 3.05) is 33.9 Å². The van der Waals surface area contributed by atoms with Crippen molar-refractivity contribution in [3.8, 4) is 11.5 Å². The van der Waals surface area contributed by atoms with E-state index in [2.05, 4.69) is 21.0 Å². The maximum Gasteiger partial charge on any atom is 0.419 e. The summed E-state index contributed by atoms with van der Waals surface area (Å²) in [6.45, 7) is 5.47. The Kier molecular flexibility index (Phi) is 12.8. The minimum atomic E-state index is -4.10. The SMILES string of the molecule is CC[C@H](C)[C@@H]1NC(=O)CCCN(S(=O)(=O)c2ccc3oc(=O)n(C)c3c2)CCCNC(=O)Cn2nc(Cc3ccc(OC)c(OC)c3)nc2[C@@H](C)NC1=O. The third-order valence-corrected chi connectivity index (χ3v) is 11.4. The van der Waals surface area contributed by atoms with Crippen LogP contribution in [0.1, 0.15) is 69.7 Å². The van der Waals surface area contributed by atoms with Crippen LogP contribution in [0.25, 0.3) is 11.1 Å². The summed E-state index contributed by atoms with van der Waals surface area (Å²) in [7, 11) is 0.467. The Morgan fingerprint density at radius 3 is 2.44 bits per heavy atom. The average molecular weight is 769 g/mol. The molecule has 0 bridgehead atoms. The molecule has 1 aliphatic heterocycles. The van der Waals surface area contributed by atoms with Crippen molar-refractivity contribution >= 4 is 38.8 Å². The highest BCUT2D eigenvalue weighted by molar-refractivity contribution is 7.89. The number of hydrogen-bond acceptors (Lipinski definition) is 11. The fraction of sp³-hybridized carbons (Fsp3) is 0.500. The Morgan fingerprint density at radius 2 is 1.72 bits per heavy atom. The molecule has 0 fully saturated rings. The summed E-state index contributed by atoms with van der Waals surface area (Å²) < 4.78 is 47.8. The van der Waals surface area contributed by atoms with Gasteiger partial charge in [-0.1, -0.05) is 26.3 Å². The van der Waals surface area contributed by atoms with Gasteiger partial charge in [-0.15, -0.1) is 0 Å². The van der Waals surface area contributed by atoms with Gasteiger partial charge in [-0.3, -0.25) is 19.0 Å². The predicted molar refractivity (Wildman–Crippen MR) is 197 cm³/mol. The van der Waals surface area contributed by atoms with Crippen LogP contribution < -0.4 is 31.2 Å². The Bertz CT molecular complexity index is 2160. The number of aromatic nitrogens is 4. The van der Waals surface area contributed by atoms with Gasteiger partial charge in [0, 0.05) is 39.5 Å². The monoisotopic (exact) mass is 768 g/mol. The summed E-state index contributed by atoms with van der Waals surface area (Å²) in [6, 6.07) is 8.05. The number of oxazole rings is 1. The largest absolute Gasteiger partial charge is 0.493 e. The van der Waals surface area contributed by atoms with E-state index in [9.17, 15) is 27.6 Å². The van der Waals surface area contributed by atoms with Gasteiger partial charge in [-0.25, -0.2) is 22.9 Å². The van der Waals surface area contributed by atoms with Crippen LogP contribution >= 0.6 is 0 Å². The highest BCUT2D eigenvalue weighted by Gasteiger charge is 2.30. The molecular formula is C36H48N8O9S. The number of carbonyl (C=O) groups excluding carboxylic acids is 3. The zero-order valence-corrected chi connectivity index (χ0v) is 32.2. The number of amides is 3. The summed E-state index contributed by atoms with van der Waals surface area (Å²) in [4.78, 5) is 57.0. The number of nitrogens with one attached hydrogen (secondary N) is 3. The normalized spacial score (nSPS) is 19.2. The fourth-order valence-corrected chi connectivity index (χ4v) is 7.80. The Balaban J connectivity index is 1.42. The maximum atomic E-state index is 13.9. The number of nitrogens with zero attached hydrogens (tertiary/aromatic N) is 5. The van der Waals surface area contributed by atoms with Gasteiger partial charge in [-0.2, -0.15) is 9.40 Å². The summed E-state index contributed by atoms with van der Waals surface area (Å²) in [5.74, 6) is -0.226. The first-order chi connectivity index (χ1) is 25.7. The summed E-state index contributed by atoms with van der Waals surface area (Å²) in [5, 5.41) is 13.3. The molecule has 2 aromatic carbocycles. The van der Waals surface area contributed by atoms with Crippen LogP contribution in [0.3, 0.4) is 0 Å². The smallest absolute Gasteiger partial charge is 0.419 e. The van der Waals surface area contributed by atoms with Crippen molar-refractivity contribution in [2.45, 2.75) is 76.4 Å². The fourth-order valence-electron chi connectivity index (χ4n) is 6.26. The predicted octanol–water partition coefficient (Wildman–Crippen LogP) is 2.03. The van der Waals surface area contributed by atoms with Gasteiger partial charge in [0.25, 0.3) is 0 Å². The second kappa shape index (κ2) is 17.3. The molecule has 0 saturated heterocycles. The molecule has 18 heteroatoms. The molecule has 17 nitrogen and oxygen atoms in total. The molecule has 3 atom stereocenters. The van der Waals surface area contributed by atoms with Gasteiger partial charge in [0.15, 0.2) is 22.9 Å². The summed E-state index contributed by atoms with van der Waals surface area (Å²) in [6.07, 6.45) is 1.28. The summed E-state index contributed by atoms with van der Waals surface area (Å²) in [5.41, 5.74) is 1.39. The van der Waals surface area contributed by atoms with Crippen LogP contribution in [-0.2, 0) is 44.4 Å². The molecule has 3 heterocycles. The Morgan fingerprint density at radius 1 is 0.981 bits per heavy atom. The standard InChI is InChI=1S/C36H48N8O9S/c1-7-22(2)33-35(47)38-23(3)34-39-30(19-24-11-13-28(51-5)29(18-24)52-6)41-44(34)21-32(46)37-15-9-17-43(16-8-10-31(45)40-33)54(49,50)25-12-14-27-26(20-25)42(4)36(48)53-27/h11-14,18,20,22-23,33H,7-10,15-17,19,21H2,1-6H3,(H,37,46)(H,38,47)(H,40,45)/t22-,23+,33-/m0/s1. The molecule has 3 amide bonds. The van der Waals surface area contributed by atoms with Crippen LogP contribution in [-0.4, -0.2) is 89.7 Å². The molecule has 4 aromatic rings.